The third-order valence-corrected chi connectivity index (χ3v) is 9.90. The second-order valence-electron chi connectivity index (χ2n) is 14.8. The van der Waals surface area contributed by atoms with Crippen LogP contribution in [0.2, 0.25) is 0 Å². The molecule has 0 bridgehead atoms. The molecule has 2 aromatic carbocycles. The summed E-state index contributed by atoms with van der Waals surface area (Å²) in [6.45, 7) is 5.23. The van der Waals surface area contributed by atoms with Crippen LogP contribution >= 0.6 is 0 Å². The zero-order valence-corrected chi connectivity index (χ0v) is 29.6. The highest BCUT2D eigenvalue weighted by Gasteiger charge is 2.62. The van der Waals surface area contributed by atoms with E-state index in [-0.39, 0.29) is 24.8 Å². The van der Waals surface area contributed by atoms with Gasteiger partial charge in [-0.15, -0.1) is 0 Å². The number of carbonyl (C=O) groups excluding carboxylic acids is 3. The van der Waals surface area contributed by atoms with Crippen molar-refractivity contribution in [2.75, 3.05) is 13.7 Å². The van der Waals surface area contributed by atoms with E-state index in [0.717, 1.165) is 31.2 Å². The van der Waals surface area contributed by atoms with E-state index < -0.39 is 53.2 Å². The predicted molar refractivity (Wildman–Crippen MR) is 188 cm³/mol. The monoisotopic (exact) mass is 701 g/mol. The van der Waals surface area contributed by atoms with Crippen molar-refractivity contribution in [2.45, 2.75) is 108 Å². The number of para-hydroxylation sites is 2. The Morgan fingerprint density at radius 3 is 2.29 bits per heavy atom. The summed E-state index contributed by atoms with van der Waals surface area (Å²) in [7, 11) is 1.59. The van der Waals surface area contributed by atoms with Gasteiger partial charge >= 0.3 is 12.1 Å². The topological polar surface area (TPSA) is 169 Å². The Labute approximate surface area is 297 Å². The number of nitrogens with one attached hydrogen (secondary N) is 2. The van der Waals surface area contributed by atoms with Crippen molar-refractivity contribution in [1.29, 1.82) is 0 Å². The van der Waals surface area contributed by atoms with Gasteiger partial charge in [0.05, 0.1) is 24.7 Å². The van der Waals surface area contributed by atoms with Crippen LogP contribution in [0.5, 0.6) is 11.6 Å². The molecule has 2 saturated heterocycles. The molecular formula is C38H47N5O8. The summed E-state index contributed by atoms with van der Waals surface area (Å²) in [5.41, 5.74) is 0.331. The number of carboxylic acid groups (broad SMARTS) is 1. The molecule has 13 nitrogen and oxygen atoms in total. The molecule has 5 atom stereocenters. The first-order chi connectivity index (χ1) is 24.4. The summed E-state index contributed by atoms with van der Waals surface area (Å²) in [5.74, 6) is -1.38. The number of fused-ring (bicyclic) bond motifs is 3. The molecular weight excluding hydrogens is 654 g/mol. The molecule has 0 spiro atoms. The largest absolute Gasteiger partial charge is 0.497 e. The van der Waals surface area contributed by atoms with Gasteiger partial charge in [0, 0.05) is 12.0 Å². The number of aliphatic carboxylic acids is 1. The first-order valence-corrected chi connectivity index (χ1v) is 17.8. The van der Waals surface area contributed by atoms with E-state index in [4.69, 9.17) is 24.2 Å². The van der Waals surface area contributed by atoms with Crippen LogP contribution < -0.4 is 20.1 Å². The summed E-state index contributed by atoms with van der Waals surface area (Å²) in [6, 6.07) is 12.7. The number of carboxylic acids is 1. The summed E-state index contributed by atoms with van der Waals surface area (Å²) >= 11 is 0. The van der Waals surface area contributed by atoms with E-state index in [2.05, 4.69) is 10.6 Å². The Balaban J connectivity index is 1.33. The van der Waals surface area contributed by atoms with Gasteiger partial charge in [0.1, 0.15) is 40.8 Å². The molecule has 13 heteroatoms. The van der Waals surface area contributed by atoms with Crippen molar-refractivity contribution < 1.29 is 38.5 Å². The van der Waals surface area contributed by atoms with Crippen molar-refractivity contribution in [3.05, 3.63) is 48.5 Å². The number of hydrogen-bond acceptors (Lipinski definition) is 9. The van der Waals surface area contributed by atoms with Gasteiger partial charge in [-0.05, 0) is 82.3 Å². The van der Waals surface area contributed by atoms with Gasteiger partial charge in [0.2, 0.25) is 17.7 Å². The van der Waals surface area contributed by atoms with E-state index >= 15 is 0 Å². The minimum absolute atomic E-state index is 0.00345. The zero-order chi connectivity index (χ0) is 36.3. The Morgan fingerprint density at radius 1 is 0.961 bits per heavy atom. The lowest BCUT2D eigenvalue weighted by molar-refractivity contribution is -0.146. The fourth-order valence-corrected chi connectivity index (χ4v) is 7.16. The molecule has 1 saturated carbocycles. The van der Waals surface area contributed by atoms with Gasteiger partial charge in [-0.1, -0.05) is 44.2 Å². The minimum Gasteiger partial charge on any atom is -0.497 e. The number of carbonyl (C=O) groups is 4. The smallest absolute Gasteiger partial charge is 0.408 e. The summed E-state index contributed by atoms with van der Waals surface area (Å²) in [5, 5.41) is 15.8. The van der Waals surface area contributed by atoms with Crippen LogP contribution in [0.1, 0.15) is 78.6 Å². The van der Waals surface area contributed by atoms with Gasteiger partial charge in [0.25, 0.3) is 0 Å². The maximum absolute atomic E-state index is 14.4. The third kappa shape index (κ3) is 8.18. The van der Waals surface area contributed by atoms with E-state index in [1.807, 2.05) is 48.5 Å². The van der Waals surface area contributed by atoms with Crippen LogP contribution in [0.4, 0.5) is 4.79 Å². The molecule has 3 fully saturated rings. The zero-order valence-electron chi connectivity index (χ0n) is 29.6. The normalized spacial score (nSPS) is 25.8. The van der Waals surface area contributed by atoms with Gasteiger partial charge < -0.3 is 34.9 Å². The van der Waals surface area contributed by atoms with Crippen molar-refractivity contribution in [3.8, 4) is 22.9 Å². The molecule has 6 rings (SSSR count). The Bertz CT molecular complexity index is 1780. The van der Waals surface area contributed by atoms with Gasteiger partial charge in [0.15, 0.2) is 0 Å². The quantitative estimate of drug-likeness (QED) is 0.309. The van der Waals surface area contributed by atoms with E-state index in [0.29, 0.717) is 48.2 Å². The van der Waals surface area contributed by atoms with Crippen LogP contribution in [0.25, 0.3) is 22.3 Å². The highest BCUT2D eigenvalue weighted by atomic mass is 16.6. The molecule has 51 heavy (non-hydrogen) atoms. The number of alkyl carbamates (subject to hydrolysis) is 1. The molecule has 2 aliphatic heterocycles. The van der Waals surface area contributed by atoms with Gasteiger partial charge in [-0.2, -0.15) is 0 Å². The van der Waals surface area contributed by atoms with E-state index in [9.17, 15) is 24.3 Å². The molecule has 3 aromatic rings. The molecule has 0 radical (unpaired) electrons. The van der Waals surface area contributed by atoms with Crippen molar-refractivity contribution in [1.82, 2.24) is 25.5 Å². The highest BCUT2D eigenvalue weighted by molar-refractivity contribution is 5.96. The average Bonchev–Trinajstić information content (AvgIpc) is 3.63. The molecule has 3 amide bonds. The SMILES string of the molecule is COc1ccc(-c2nc3ccccc3nc2O[C@@H]2C[C@H]3C(=O)NC4(C(=O)O)CC4CCCCCCC[C@H](NC(=O)OC(C)(C)C)C(=O)N3C2)cc1. The first kappa shape index (κ1) is 35.9. The van der Waals surface area contributed by atoms with Crippen LogP contribution in [-0.4, -0.2) is 86.8 Å². The number of benzene rings is 2. The first-order valence-electron chi connectivity index (χ1n) is 17.8. The number of aromatic nitrogens is 2. The van der Waals surface area contributed by atoms with Gasteiger partial charge in [-0.3, -0.25) is 9.59 Å². The molecule has 3 heterocycles. The summed E-state index contributed by atoms with van der Waals surface area (Å²) in [4.78, 5) is 65.0. The van der Waals surface area contributed by atoms with Crippen molar-refractivity contribution >= 4 is 34.9 Å². The lowest BCUT2D eigenvalue weighted by Gasteiger charge is -2.30. The Kier molecular flexibility index (Phi) is 10.4. The van der Waals surface area contributed by atoms with Crippen molar-refractivity contribution in [2.24, 2.45) is 5.92 Å². The maximum atomic E-state index is 14.4. The van der Waals surface area contributed by atoms with Crippen LogP contribution in [0.3, 0.4) is 0 Å². The third-order valence-electron chi connectivity index (χ3n) is 9.90. The fraction of sp³-hybridized carbons (Fsp3) is 0.526. The highest BCUT2D eigenvalue weighted by Crippen LogP contribution is 2.47. The van der Waals surface area contributed by atoms with Crippen molar-refractivity contribution in [3.63, 3.8) is 0 Å². The predicted octanol–water partition coefficient (Wildman–Crippen LogP) is 5.25. The average molecular weight is 702 g/mol. The molecule has 272 valence electrons. The number of hydrogen-bond donors (Lipinski definition) is 3. The Hall–Kier alpha value is -4.94. The number of methoxy groups -OCH3 is 1. The minimum atomic E-state index is -1.37. The van der Waals surface area contributed by atoms with Crippen LogP contribution in [0, 0.1) is 5.92 Å². The molecule has 1 aliphatic carbocycles. The molecule has 3 aliphatic rings. The summed E-state index contributed by atoms with van der Waals surface area (Å²) in [6.07, 6.45) is 4.25. The lowest BCUT2D eigenvalue weighted by atomic mass is 10.0. The van der Waals surface area contributed by atoms with E-state index in [1.54, 1.807) is 27.9 Å². The molecule has 2 unspecified atom stereocenters. The number of amides is 3. The fourth-order valence-electron chi connectivity index (χ4n) is 7.16. The lowest BCUT2D eigenvalue weighted by Crippen LogP contribution is -2.56. The number of nitrogens with zero attached hydrogens (tertiary/aromatic N) is 3. The second kappa shape index (κ2) is 14.7. The second-order valence-corrected chi connectivity index (χ2v) is 14.8. The Morgan fingerprint density at radius 2 is 1.63 bits per heavy atom. The number of ether oxygens (including phenoxy) is 3. The van der Waals surface area contributed by atoms with E-state index in [1.165, 1.54) is 4.90 Å². The summed E-state index contributed by atoms with van der Waals surface area (Å²) < 4.78 is 17.4. The number of rotatable bonds is 6. The maximum Gasteiger partial charge on any atom is 0.408 e. The van der Waals surface area contributed by atoms with Crippen LogP contribution in [-0.2, 0) is 19.1 Å². The standard InChI is InChI=1S/C38H47N5O8/c1-37(2,3)51-36(48)41-29-15-9-7-5-6-8-12-24-21-38(24,35(46)47)42-32(44)30-20-26(22-43(30)34(29)45)50-33-31(23-16-18-25(49-4)19-17-23)39-27-13-10-11-14-28(27)40-33/h10-11,13-14,16-19,24,26,29-30H,5-9,12,15,20-22H2,1-4H3,(H,41,48)(H,42,44)(H,46,47)/t24?,26-,29+,30+,38?/m1/s1. The van der Waals surface area contributed by atoms with Gasteiger partial charge in [-0.25, -0.2) is 19.6 Å². The molecule has 3 N–H and O–H groups in total. The van der Waals surface area contributed by atoms with Crippen LogP contribution in [0.15, 0.2) is 48.5 Å². The molecule has 1 aromatic heterocycles.